The minimum atomic E-state index is -0.888. The Morgan fingerprint density at radius 1 is 0.688 bits per heavy atom. The van der Waals surface area contributed by atoms with Crippen molar-refractivity contribution in [1.82, 2.24) is 41.4 Å². The van der Waals surface area contributed by atoms with Gasteiger partial charge in [0.05, 0.1) is 6.04 Å². The maximum absolute atomic E-state index is 13.7. The highest BCUT2D eigenvalue weighted by molar-refractivity contribution is 7.98. The van der Waals surface area contributed by atoms with Crippen molar-refractivity contribution in [2.45, 2.75) is 142 Å². The molecule has 0 fully saturated rings. The van der Waals surface area contributed by atoms with Gasteiger partial charge < -0.3 is 26.0 Å². The van der Waals surface area contributed by atoms with Crippen molar-refractivity contribution in [2.75, 3.05) is 64.4 Å². The second kappa shape index (κ2) is 38.3. The number of unbranched alkanes of at least 4 members (excludes halogenated alkanes) is 7. The zero-order valence-corrected chi connectivity index (χ0v) is 46.0. The molecule has 0 saturated heterocycles. The van der Waals surface area contributed by atoms with E-state index in [1.807, 2.05) is 20.1 Å². The molecule has 0 radical (unpaired) electrons. The molecule has 24 heteroatoms. The zero-order chi connectivity index (χ0) is 57.1. The van der Waals surface area contributed by atoms with Gasteiger partial charge in [0.2, 0.25) is 29.5 Å². The van der Waals surface area contributed by atoms with Crippen molar-refractivity contribution in [2.24, 2.45) is 11.8 Å². The summed E-state index contributed by atoms with van der Waals surface area (Å²) in [6, 6.07) is 5.27. The highest BCUT2D eigenvalue weighted by Gasteiger charge is 2.31. The van der Waals surface area contributed by atoms with Crippen LogP contribution in [-0.4, -0.2) is 171 Å². The van der Waals surface area contributed by atoms with Crippen LogP contribution in [0.2, 0.25) is 0 Å². The fourth-order valence-electron chi connectivity index (χ4n) is 7.85. The Morgan fingerprint density at radius 2 is 1.26 bits per heavy atom. The third-order valence-corrected chi connectivity index (χ3v) is 13.5. The van der Waals surface area contributed by atoms with Gasteiger partial charge >= 0.3 is 0 Å². The van der Waals surface area contributed by atoms with E-state index >= 15 is 0 Å². The molecule has 430 valence electrons. The van der Waals surface area contributed by atoms with E-state index in [-0.39, 0.29) is 118 Å². The number of hydrogen-bond donors (Lipinski definition) is 7. The van der Waals surface area contributed by atoms with E-state index in [0.29, 0.717) is 111 Å². The lowest BCUT2D eigenvalue weighted by molar-refractivity contribution is -0.166. The Hall–Kier alpha value is -6.24. The van der Waals surface area contributed by atoms with Crippen molar-refractivity contribution < 1.29 is 73.1 Å². The largest absolute Gasteiger partial charge is 0.484 e. The molecule has 0 bridgehead atoms. The van der Waals surface area contributed by atoms with Crippen LogP contribution in [0.5, 0.6) is 5.75 Å². The third kappa shape index (κ3) is 28.1. The van der Waals surface area contributed by atoms with Crippen LogP contribution in [0.25, 0.3) is 0 Å². The quantitative estimate of drug-likeness (QED) is 0.0211. The number of carbonyl (C=O) groups excluding carboxylic acids is 11. The summed E-state index contributed by atoms with van der Waals surface area (Å²) in [5, 5.41) is 42.4. The average Bonchev–Trinajstić information content (AvgIpc) is 3.73. The van der Waals surface area contributed by atoms with E-state index in [9.17, 15) is 68.4 Å². The van der Waals surface area contributed by atoms with Crippen molar-refractivity contribution >= 4 is 76.5 Å². The summed E-state index contributed by atoms with van der Waals surface area (Å²) < 4.78 is 5.64. The molecule has 0 saturated carbocycles. The predicted molar refractivity (Wildman–Crippen MR) is 284 cm³/mol. The first kappa shape index (κ1) is 66.9. The first-order valence-corrected chi connectivity index (χ1v) is 28.0. The highest BCUT2D eigenvalue weighted by Crippen LogP contribution is 2.22. The Morgan fingerprint density at radius 3 is 1.86 bits per heavy atom. The van der Waals surface area contributed by atoms with Gasteiger partial charge in [0.15, 0.2) is 12.4 Å². The van der Waals surface area contributed by atoms with Gasteiger partial charge in [-0.15, -0.1) is 0 Å². The number of thioether (sulfide) groups is 1. The molecule has 0 unspecified atom stereocenters. The van der Waals surface area contributed by atoms with Gasteiger partial charge in [0.25, 0.3) is 23.6 Å². The zero-order valence-electron chi connectivity index (χ0n) is 45.2. The van der Waals surface area contributed by atoms with Gasteiger partial charge in [-0.25, -0.2) is 15.2 Å². The predicted octanol–water partition coefficient (Wildman–Crippen LogP) is 3.91. The molecule has 9 amide bonds. The van der Waals surface area contributed by atoms with Gasteiger partial charge in [-0.05, 0) is 93.9 Å². The number of nitrogens with one attached hydrogen (secondary N) is 4. The number of carbonyl (C=O) groups is 11. The van der Waals surface area contributed by atoms with Crippen molar-refractivity contribution in [3.8, 4) is 5.75 Å². The number of nitrogens with zero attached hydrogens (tertiary/aromatic N) is 4. The van der Waals surface area contributed by atoms with Gasteiger partial charge in [0, 0.05) is 115 Å². The molecule has 23 nitrogen and oxygen atoms in total. The molecular weight excluding hydrogens is 1020 g/mol. The minimum Gasteiger partial charge on any atom is -0.484 e. The molecule has 0 aliphatic carbocycles. The standard InChI is InChI=1S/C53H82N8O15S/c1-5-38(2)43(53(72)56-29-33-58-48(67)24-25-49(58)68)36-45(64)44(26-34-77-4)57-52(71)40-17-16-19-42(35-40)76-37-47(66)55-28-12-9-15-32-60(74)50(69)22-20-41(63)18-10-6-7-13-31-61(75)51(70)23-21-46(65)54-27-11-8-14-30-59(73)39(3)62/h16-17,19,24-25,35,38,43-44,73-75H,5-15,18,20-23,26-34,36-37H2,1-4H3,(H,54,65)(H,55,66)(H,56,72)(H,57,71)/t38-,43-,44-/m0/s1. The SMILES string of the molecule is CC[C@H](C)[C@H](CC(=O)[C@H](CCSC)NC(=O)c1cccc(OCC(=O)NCCCCCN(O)C(=O)CCC(=O)CCCCCCN(O)C(=O)CCC(=O)NCCCCCN(O)C(C)=O)c1)C(=O)NCCN1C(=O)C=CC1=O. The fourth-order valence-corrected chi connectivity index (χ4v) is 8.32. The monoisotopic (exact) mass is 1100 g/mol. The van der Waals surface area contributed by atoms with Crippen LogP contribution < -0.4 is 26.0 Å². The summed E-state index contributed by atoms with van der Waals surface area (Å²) in [7, 11) is 0. The van der Waals surface area contributed by atoms with Crippen LogP contribution >= 0.6 is 11.8 Å². The number of imide groups is 1. The number of hydrogen-bond acceptors (Lipinski definition) is 16. The lowest BCUT2D eigenvalue weighted by Gasteiger charge is -2.25. The first-order chi connectivity index (χ1) is 36.8. The number of hydroxylamine groups is 6. The summed E-state index contributed by atoms with van der Waals surface area (Å²) in [6.07, 6.45) is 10.7. The lowest BCUT2D eigenvalue weighted by atomic mass is 9.85. The number of amides is 9. The molecular formula is C53H82N8O15S. The third-order valence-electron chi connectivity index (χ3n) is 12.8. The normalized spacial score (nSPS) is 13.1. The molecule has 77 heavy (non-hydrogen) atoms. The molecule has 3 atom stereocenters. The van der Waals surface area contributed by atoms with E-state index < -0.39 is 53.3 Å². The van der Waals surface area contributed by atoms with E-state index in [1.54, 1.807) is 18.2 Å². The summed E-state index contributed by atoms with van der Waals surface area (Å²) in [4.78, 5) is 138. The van der Waals surface area contributed by atoms with Crippen molar-refractivity contribution in [3.05, 3.63) is 42.0 Å². The molecule has 2 rings (SSSR count). The summed E-state index contributed by atoms with van der Waals surface area (Å²) >= 11 is 1.50. The Balaban J connectivity index is 1.60. The van der Waals surface area contributed by atoms with Gasteiger partial charge in [0.1, 0.15) is 11.5 Å². The summed E-state index contributed by atoms with van der Waals surface area (Å²) in [5.74, 6) is -4.67. The van der Waals surface area contributed by atoms with Gasteiger partial charge in [-0.2, -0.15) is 11.8 Å². The summed E-state index contributed by atoms with van der Waals surface area (Å²) in [5.41, 5.74) is 0.196. The second-order valence-corrected chi connectivity index (χ2v) is 19.9. The topological polar surface area (TPSA) is 319 Å². The molecule has 0 aromatic heterocycles. The minimum absolute atomic E-state index is 0.00401. The fraction of sp³-hybridized carbons (Fsp3) is 0.642. The number of Topliss-reactive ketones (excluding diaryl/α,β-unsaturated/α-hetero) is 2. The van der Waals surface area contributed by atoms with Crippen molar-refractivity contribution in [1.29, 1.82) is 0 Å². The van der Waals surface area contributed by atoms with Crippen molar-refractivity contribution in [3.63, 3.8) is 0 Å². The molecule has 7 N–H and O–H groups in total. The number of ether oxygens (including phenoxy) is 1. The molecule has 1 aliphatic heterocycles. The Kier molecular flexibility index (Phi) is 33.3. The van der Waals surface area contributed by atoms with E-state index in [2.05, 4.69) is 21.3 Å². The van der Waals surface area contributed by atoms with Crippen LogP contribution in [-0.2, 0) is 47.9 Å². The Labute approximate surface area is 455 Å². The van der Waals surface area contributed by atoms with E-state index in [1.165, 1.54) is 24.8 Å². The van der Waals surface area contributed by atoms with Crippen LogP contribution in [0.4, 0.5) is 0 Å². The highest BCUT2D eigenvalue weighted by atomic mass is 32.2. The summed E-state index contributed by atoms with van der Waals surface area (Å²) in [6.45, 7) is 5.76. The van der Waals surface area contributed by atoms with Crippen LogP contribution in [0, 0.1) is 11.8 Å². The van der Waals surface area contributed by atoms with Crippen LogP contribution in [0.1, 0.15) is 147 Å². The molecule has 0 spiro atoms. The van der Waals surface area contributed by atoms with Crippen LogP contribution in [0.15, 0.2) is 36.4 Å². The van der Waals surface area contributed by atoms with Crippen LogP contribution in [0.3, 0.4) is 0 Å². The molecule has 1 aromatic rings. The molecule has 1 aliphatic rings. The first-order valence-electron chi connectivity index (χ1n) is 26.6. The maximum Gasteiger partial charge on any atom is 0.257 e. The molecule has 1 aromatic carbocycles. The second-order valence-electron chi connectivity index (χ2n) is 18.9. The average molecular weight is 1100 g/mol. The van der Waals surface area contributed by atoms with E-state index in [0.717, 1.165) is 17.1 Å². The van der Waals surface area contributed by atoms with E-state index in [4.69, 9.17) is 4.74 Å². The maximum atomic E-state index is 13.7. The lowest BCUT2D eigenvalue weighted by Crippen LogP contribution is -2.45. The van der Waals surface area contributed by atoms with Gasteiger partial charge in [-0.1, -0.05) is 39.2 Å². The van der Waals surface area contributed by atoms with Gasteiger partial charge in [-0.3, -0.25) is 73.3 Å². The number of benzene rings is 1. The Bertz CT molecular complexity index is 2130. The smallest absolute Gasteiger partial charge is 0.257 e. The number of rotatable bonds is 42. The number of ketones is 2. The molecule has 1 heterocycles.